The Balaban J connectivity index is 1.33. The Labute approximate surface area is 260 Å². The highest BCUT2D eigenvalue weighted by Crippen LogP contribution is 2.57. The second-order valence-corrected chi connectivity index (χ2v) is 11.3. The number of nitrogens with zero attached hydrogens (tertiary/aromatic N) is 6. The molecular formula is C33H21ClN6O5. The SMILES string of the molecule is O=C1C2C(C(=O)N1c1ccc(Cl)cc1)C(c1nc(-c3cccnc3)no1)N(N1C(=O)c3ccccc3C1=O)C2c1ccccc1. The van der Waals surface area contributed by atoms with E-state index in [1.807, 2.05) is 6.07 Å². The average molecular weight is 617 g/mol. The molecule has 2 saturated heterocycles. The van der Waals surface area contributed by atoms with E-state index in [0.717, 1.165) is 9.91 Å². The van der Waals surface area contributed by atoms with Gasteiger partial charge in [0, 0.05) is 23.0 Å². The number of imide groups is 2. The molecule has 5 aromatic rings. The first-order valence-corrected chi connectivity index (χ1v) is 14.5. The molecule has 4 amide bonds. The molecule has 2 fully saturated rings. The van der Waals surface area contributed by atoms with Crippen molar-refractivity contribution in [3.05, 3.63) is 131 Å². The highest BCUT2D eigenvalue weighted by Gasteiger charge is 2.67. The van der Waals surface area contributed by atoms with Gasteiger partial charge in [0.15, 0.2) is 0 Å². The first kappa shape index (κ1) is 27.1. The van der Waals surface area contributed by atoms with Crippen LogP contribution in [-0.4, -0.2) is 48.8 Å². The van der Waals surface area contributed by atoms with Gasteiger partial charge in [-0.1, -0.05) is 59.2 Å². The number of anilines is 1. The van der Waals surface area contributed by atoms with Crippen molar-refractivity contribution in [2.24, 2.45) is 11.8 Å². The van der Waals surface area contributed by atoms with Gasteiger partial charge in [-0.25, -0.2) is 9.91 Å². The van der Waals surface area contributed by atoms with Crippen molar-refractivity contribution in [3.8, 4) is 11.4 Å². The van der Waals surface area contributed by atoms with Gasteiger partial charge in [-0.15, -0.1) is 0 Å². The minimum atomic E-state index is -1.16. The summed E-state index contributed by atoms with van der Waals surface area (Å²) in [5.74, 6) is -4.12. The van der Waals surface area contributed by atoms with Crippen molar-refractivity contribution in [1.82, 2.24) is 25.1 Å². The zero-order valence-electron chi connectivity index (χ0n) is 23.2. The van der Waals surface area contributed by atoms with E-state index in [1.165, 1.54) is 5.01 Å². The van der Waals surface area contributed by atoms with Gasteiger partial charge in [-0.2, -0.15) is 9.99 Å². The molecule has 4 atom stereocenters. The summed E-state index contributed by atoms with van der Waals surface area (Å²) in [6.45, 7) is 0. The number of halogens is 1. The van der Waals surface area contributed by atoms with Gasteiger partial charge in [0.25, 0.3) is 11.8 Å². The number of carbonyl (C=O) groups excluding carboxylic acids is 4. The summed E-state index contributed by atoms with van der Waals surface area (Å²) in [5.41, 5.74) is 1.96. The lowest BCUT2D eigenvalue weighted by Gasteiger charge is -2.37. The Morgan fingerprint density at radius 3 is 2.00 bits per heavy atom. The quantitative estimate of drug-likeness (QED) is 0.253. The highest BCUT2D eigenvalue weighted by atomic mass is 35.5. The molecule has 0 spiro atoms. The third-order valence-corrected chi connectivity index (χ3v) is 8.74. The molecule has 8 rings (SSSR count). The monoisotopic (exact) mass is 616 g/mol. The first-order chi connectivity index (χ1) is 21.9. The smallest absolute Gasteiger partial charge is 0.276 e. The predicted molar refractivity (Wildman–Crippen MR) is 159 cm³/mol. The normalized spacial score (nSPS) is 22.8. The number of carbonyl (C=O) groups is 4. The Hall–Kier alpha value is -5.52. The Bertz CT molecular complexity index is 1970. The number of amides is 4. The van der Waals surface area contributed by atoms with Crippen molar-refractivity contribution in [2.75, 3.05) is 4.90 Å². The predicted octanol–water partition coefficient (Wildman–Crippen LogP) is 4.90. The molecule has 3 aromatic carbocycles. The largest absolute Gasteiger partial charge is 0.337 e. The summed E-state index contributed by atoms with van der Waals surface area (Å²) < 4.78 is 5.79. The molecule has 0 aliphatic carbocycles. The number of hydrazine groups is 1. The molecular weight excluding hydrogens is 596 g/mol. The van der Waals surface area contributed by atoms with Crippen molar-refractivity contribution < 1.29 is 23.7 Å². The number of benzene rings is 3. The number of rotatable bonds is 5. The fourth-order valence-electron chi connectivity index (χ4n) is 6.60. The number of aromatic nitrogens is 3. The zero-order valence-corrected chi connectivity index (χ0v) is 24.0. The van der Waals surface area contributed by atoms with Gasteiger partial charge in [-0.05, 0) is 54.1 Å². The molecule has 5 heterocycles. The van der Waals surface area contributed by atoms with Crippen LogP contribution in [-0.2, 0) is 9.59 Å². The van der Waals surface area contributed by atoms with Gasteiger partial charge >= 0.3 is 0 Å². The first-order valence-electron chi connectivity index (χ1n) is 14.1. The minimum absolute atomic E-state index is 0.0297. The van der Waals surface area contributed by atoms with E-state index in [2.05, 4.69) is 15.1 Å². The maximum absolute atomic E-state index is 14.4. The van der Waals surface area contributed by atoms with E-state index in [-0.39, 0.29) is 22.8 Å². The summed E-state index contributed by atoms with van der Waals surface area (Å²) in [7, 11) is 0. The topological polar surface area (TPSA) is 130 Å². The van der Waals surface area contributed by atoms with Crippen LogP contribution in [0.5, 0.6) is 0 Å². The van der Waals surface area contributed by atoms with E-state index in [4.69, 9.17) is 16.1 Å². The van der Waals surface area contributed by atoms with E-state index < -0.39 is 47.5 Å². The van der Waals surface area contributed by atoms with E-state index in [0.29, 0.717) is 21.8 Å². The summed E-state index contributed by atoms with van der Waals surface area (Å²) >= 11 is 6.11. The van der Waals surface area contributed by atoms with Crippen molar-refractivity contribution in [1.29, 1.82) is 0 Å². The van der Waals surface area contributed by atoms with E-state index in [1.54, 1.807) is 97.3 Å². The van der Waals surface area contributed by atoms with Crippen LogP contribution in [0.4, 0.5) is 5.69 Å². The number of hydrogen-bond donors (Lipinski definition) is 0. The summed E-state index contributed by atoms with van der Waals surface area (Å²) in [6.07, 6.45) is 3.17. The van der Waals surface area contributed by atoms with Crippen molar-refractivity contribution >= 4 is 40.9 Å². The second-order valence-electron chi connectivity index (χ2n) is 10.9. The molecule has 0 radical (unpaired) electrons. The van der Waals surface area contributed by atoms with E-state index >= 15 is 0 Å². The Morgan fingerprint density at radius 1 is 0.711 bits per heavy atom. The fourth-order valence-corrected chi connectivity index (χ4v) is 6.73. The third-order valence-electron chi connectivity index (χ3n) is 8.49. The van der Waals surface area contributed by atoms with Gasteiger partial charge in [0.2, 0.25) is 23.5 Å². The van der Waals surface area contributed by atoms with Crippen LogP contribution >= 0.6 is 11.6 Å². The lowest BCUT2D eigenvalue weighted by atomic mass is 9.86. The van der Waals surface area contributed by atoms with Crippen LogP contribution in [0.25, 0.3) is 11.4 Å². The van der Waals surface area contributed by atoms with Crippen molar-refractivity contribution in [2.45, 2.75) is 12.1 Å². The van der Waals surface area contributed by atoms with Gasteiger partial charge in [0.1, 0.15) is 6.04 Å². The third kappa shape index (κ3) is 4.05. The molecule has 3 aliphatic heterocycles. The van der Waals surface area contributed by atoms with Gasteiger partial charge < -0.3 is 4.52 Å². The molecule has 0 bridgehead atoms. The number of pyridine rings is 1. The standard InChI is InChI=1S/C33H21ClN6O5/c34-20-12-14-21(15-13-20)38-32(43)24-25(33(38)44)27(29-36-28(37-45-29)19-9-6-16-35-17-19)39(26(24)18-7-2-1-3-8-18)40-30(41)22-10-4-5-11-23(22)31(40)42/h1-17,24-27H. The highest BCUT2D eigenvalue weighted by molar-refractivity contribution is 6.31. The van der Waals surface area contributed by atoms with Crippen LogP contribution in [0.3, 0.4) is 0 Å². The second kappa shape index (κ2) is 10.3. The zero-order chi connectivity index (χ0) is 30.8. The molecule has 12 heteroatoms. The Morgan fingerprint density at radius 2 is 1.36 bits per heavy atom. The van der Waals surface area contributed by atoms with Crippen LogP contribution in [0, 0.1) is 11.8 Å². The van der Waals surface area contributed by atoms with Crippen LogP contribution in [0.2, 0.25) is 5.02 Å². The molecule has 220 valence electrons. The molecule has 4 unspecified atom stereocenters. The lowest BCUT2D eigenvalue weighted by molar-refractivity contribution is -0.126. The molecule has 0 N–H and O–H groups in total. The average Bonchev–Trinajstić information content (AvgIpc) is 3.81. The van der Waals surface area contributed by atoms with Crippen LogP contribution in [0.15, 0.2) is 108 Å². The number of fused-ring (bicyclic) bond motifs is 2. The van der Waals surface area contributed by atoms with Gasteiger partial charge in [0.05, 0.1) is 34.7 Å². The van der Waals surface area contributed by atoms with Crippen molar-refractivity contribution in [3.63, 3.8) is 0 Å². The Kier molecular flexibility index (Phi) is 6.19. The summed E-state index contributed by atoms with van der Waals surface area (Å²) in [4.78, 5) is 66.6. The van der Waals surface area contributed by atoms with Crippen LogP contribution < -0.4 is 4.90 Å². The molecule has 45 heavy (non-hydrogen) atoms. The fraction of sp³-hybridized carbons (Fsp3) is 0.121. The molecule has 2 aromatic heterocycles. The molecule has 3 aliphatic rings. The molecule has 11 nitrogen and oxygen atoms in total. The lowest BCUT2D eigenvalue weighted by Crippen LogP contribution is -2.50. The van der Waals surface area contributed by atoms with Crippen LogP contribution in [0.1, 0.15) is 44.3 Å². The van der Waals surface area contributed by atoms with E-state index in [9.17, 15) is 19.2 Å². The maximum atomic E-state index is 14.4. The summed E-state index contributed by atoms with van der Waals surface area (Å²) in [6, 6.07) is 23.3. The minimum Gasteiger partial charge on any atom is -0.337 e. The van der Waals surface area contributed by atoms with Gasteiger partial charge in [-0.3, -0.25) is 24.2 Å². The summed E-state index contributed by atoms with van der Waals surface area (Å²) in [5, 5.41) is 7.11. The molecule has 0 saturated carbocycles. The maximum Gasteiger partial charge on any atom is 0.276 e. The number of hydrogen-bond acceptors (Lipinski definition) is 9.